The average molecular weight is 405 g/mol. The largest absolute Gasteiger partial charge is 0.337 e. The molecule has 0 unspecified atom stereocenters. The van der Waals surface area contributed by atoms with E-state index in [2.05, 4.69) is 13.8 Å². The van der Waals surface area contributed by atoms with Crippen LogP contribution >= 0.6 is 11.3 Å². The summed E-state index contributed by atoms with van der Waals surface area (Å²) in [5, 5.41) is 1.96. The Balaban J connectivity index is 1.61. The number of nitrogens with zero attached hydrogens (tertiary/aromatic N) is 2. The first-order valence-electron chi connectivity index (χ1n) is 8.98. The molecule has 5 nitrogen and oxygen atoms in total. The van der Waals surface area contributed by atoms with Crippen LogP contribution in [0.3, 0.4) is 0 Å². The summed E-state index contributed by atoms with van der Waals surface area (Å²) in [7, 11) is -3.52. The lowest BCUT2D eigenvalue weighted by molar-refractivity contribution is -0.127. The Morgan fingerprint density at radius 2 is 1.74 bits per heavy atom. The Morgan fingerprint density at radius 3 is 2.30 bits per heavy atom. The number of carbonyl (C=O) groups is 1. The van der Waals surface area contributed by atoms with E-state index in [4.69, 9.17) is 0 Å². The zero-order chi connectivity index (χ0) is 19.4. The minimum Gasteiger partial charge on any atom is -0.337 e. The number of piperazine rings is 1. The quantitative estimate of drug-likeness (QED) is 0.718. The smallest absolute Gasteiger partial charge is 0.246 e. The summed E-state index contributed by atoms with van der Waals surface area (Å²) in [6.07, 6.45) is 3.35. The summed E-state index contributed by atoms with van der Waals surface area (Å²) >= 11 is 1.57. The highest BCUT2D eigenvalue weighted by molar-refractivity contribution is 7.89. The Bertz CT molecular complexity index is 893. The Kier molecular flexibility index (Phi) is 6.14. The number of thiophene rings is 1. The number of benzene rings is 1. The highest BCUT2D eigenvalue weighted by Crippen LogP contribution is 2.21. The number of rotatable bonds is 5. The lowest BCUT2D eigenvalue weighted by Gasteiger charge is -2.33. The zero-order valence-corrected chi connectivity index (χ0v) is 17.2. The van der Waals surface area contributed by atoms with Gasteiger partial charge in [0.15, 0.2) is 0 Å². The standard InChI is InChI=1S/C20H24N2O3S2/c1-16(2)17-5-8-19(9-6-17)27(24,25)22-13-11-21(12-14-22)20(23)10-7-18-4-3-15-26-18/h3-10,15-16H,11-14H2,1-2H3. The molecule has 144 valence electrons. The van der Waals surface area contributed by atoms with Crippen molar-refractivity contribution < 1.29 is 13.2 Å². The van der Waals surface area contributed by atoms with E-state index >= 15 is 0 Å². The molecule has 0 bridgehead atoms. The van der Waals surface area contributed by atoms with Crippen molar-refractivity contribution in [2.24, 2.45) is 0 Å². The summed E-state index contributed by atoms with van der Waals surface area (Å²) in [6, 6.07) is 11.0. The third-order valence-corrected chi connectivity index (χ3v) is 7.42. The third kappa shape index (κ3) is 4.66. The minimum atomic E-state index is -3.52. The van der Waals surface area contributed by atoms with Crippen molar-refractivity contribution in [1.82, 2.24) is 9.21 Å². The lowest BCUT2D eigenvalue weighted by atomic mass is 10.0. The topological polar surface area (TPSA) is 57.7 Å². The van der Waals surface area contributed by atoms with Gasteiger partial charge in [-0.15, -0.1) is 11.3 Å². The van der Waals surface area contributed by atoms with Crippen LogP contribution in [0.2, 0.25) is 0 Å². The number of hydrogen-bond acceptors (Lipinski definition) is 4. The van der Waals surface area contributed by atoms with Crippen molar-refractivity contribution in [2.75, 3.05) is 26.2 Å². The molecule has 2 aromatic rings. The second kappa shape index (κ2) is 8.37. The monoisotopic (exact) mass is 404 g/mol. The molecule has 2 heterocycles. The summed E-state index contributed by atoms with van der Waals surface area (Å²) in [5.41, 5.74) is 1.11. The fourth-order valence-electron chi connectivity index (χ4n) is 2.97. The molecule has 1 aromatic heterocycles. The van der Waals surface area contributed by atoms with E-state index in [9.17, 15) is 13.2 Å². The molecule has 1 aromatic carbocycles. The Labute approximate surface area is 165 Å². The zero-order valence-electron chi connectivity index (χ0n) is 15.5. The van der Waals surface area contributed by atoms with Gasteiger partial charge in [0.1, 0.15) is 0 Å². The second-order valence-electron chi connectivity index (χ2n) is 6.80. The van der Waals surface area contributed by atoms with Crippen molar-refractivity contribution >= 4 is 33.3 Å². The van der Waals surface area contributed by atoms with Gasteiger partial charge < -0.3 is 4.90 Å². The Morgan fingerprint density at radius 1 is 1.07 bits per heavy atom. The van der Waals surface area contributed by atoms with Crippen molar-refractivity contribution in [3.8, 4) is 0 Å². The fraction of sp³-hybridized carbons (Fsp3) is 0.350. The summed E-state index contributed by atoms with van der Waals surface area (Å²) < 4.78 is 27.1. The van der Waals surface area contributed by atoms with Crippen LogP contribution in [0.4, 0.5) is 0 Å². The molecule has 27 heavy (non-hydrogen) atoms. The van der Waals surface area contributed by atoms with Gasteiger partial charge in [-0.2, -0.15) is 4.31 Å². The van der Waals surface area contributed by atoms with Crippen molar-refractivity contribution in [1.29, 1.82) is 0 Å². The van der Waals surface area contributed by atoms with Gasteiger partial charge in [-0.1, -0.05) is 32.0 Å². The molecular weight excluding hydrogens is 380 g/mol. The highest BCUT2D eigenvalue weighted by Gasteiger charge is 2.29. The van der Waals surface area contributed by atoms with Crippen LogP contribution in [0, 0.1) is 0 Å². The van der Waals surface area contributed by atoms with Gasteiger partial charge in [0.05, 0.1) is 4.90 Å². The van der Waals surface area contributed by atoms with E-state index in [0.29, 0.717) is 37.0 Å². The summed E-state index contributed by atoms with van der Waals surface area (Å²) in [6.45, 7) is 5.58. The molecular formula is C20H24N2O3S2. The maximum absolute atomic E-state index is 12.8. The molecule has 1 aliphatic rings. The molecule has 1 aliphatic heterocycles. The van der Waals surface area contributed by atoms with E-state index in [1.807, 2.05) is 29.6 Å². The first-order valence-corrected chi connectivity index (χ1v) is 11.3. The summed E-state index contributed by atoms with van der Waals surface area (Å²) in [5.74, 6) is 0.278. The van der Waals surface area contributed by atoms with E-state index in [1.165, 1.54) is 4.31 Å². The van der Waals surface area contributed by atoms with Gasteiger partial charge in [0.25, 0.3) is 0 Å². The van der Waals surface area contributed by atoms with Crippen LogP contribution in [-0.2, 0) is 14.8 Å². The van der Waals surface area contributed by atoms with Crippen LogP contribution in [0.15, 0.2) is 52.7 Å². The second-order valence-corrected chi connectivity index (χ2v) is 9.72. The molecule has 0 radical (unpaired) electrons. The van der Waals surface area contributed by atoms with Crippen LogP contribution in [0.1, 0.15) is 30.2 Å². The molecule has 3 rings (SSSR count). The predicted octanol–water partition coefficient (Wildman–Crippen LogP) is 3.42. The van der Waals surface area contributed by atoms with E-state index < -0.39 is 10.0 Å². The third-order valence-electron chi connectivity index (χ3n) is 4.67. The van der Waals surface area contributed by atoms with Gasteiger partial charge in [0.2, 0.25) is 15.9 Å². The number of sulfonamides is 1. The van der Waals surface area contributed by atoms with Gasteiger partial charge in [-0.25, -0.2) is 8.42 Å². The van der Waals surface area contributed by atoms with Crippen LogP contribution in [0.5, 0.6) is 0 Å². The van der Waals surface area contributed by atoms with Crippen molar-refractivity contribution in [2.45, 2.75) is 24.7 Å². The maximum atomic E-state index is 12.8. The maximum Gasteiger partial charge on any atom is 0.246 e. The lowest BCUT2D eigenvalue weighted by Crippen LogP contribution is -2.50. The fourth-order valence-corrected chi connectivity index (χ4v) is 5.01. The molecule has 1 amide bonds. The van der Waals surface area contributed by atoms with E-state index in [1.54, 1.807) is 40.5 Å². The molecule has 0 spiro atoms. The van der Waals surface area contributed by atoms with Crippen LogP contribution in [0.25, 0.3) is 6.08 Å². The van der Waals surface area contributed by atoms with Crippen LogP contribution < -0.4 is 0 Å². The van der Waals surface area contributed by atoms with E-state index in [-0.39, 0.29) is 5.91 Å². The molecule has 0 atom stereocenters. The molecule has 7 heteroatoms. The normalized spacial score (nSPS) is 16.3. The number of hydrogen-bond donors (Lipinski definition) is 0. The minimum absolute atomic E-state index is 0.0817. The van der Waals surface area contributed by atoms with Gasteiger partial charge in [0, 0.05) is 37.1 Å². The first kappa shape index (κ1) is 19.8. The molecule has 1 saturated heterocycles. The number of amides is 1. The SMILES string of the molecule is CC(C)c1ccc(S(=O)(=O)N2CCN(C(=O)C=Cc3cccs3)CC2)cc1. The highest BCUT2D eigenvalue weighted by atomic mass is 32.2. The number of carbonyl (C=O) groups excluding carboxylic acids is 1. The van der Waals surface area contributed by atoms with E-state index in [0.717, 1.165) is 10.4 Å². The average Bonchev–Trinajstić information content (AvgIpc) is 3.20. The molecule has 1 fully saturated rings. The van der Waals surface area contributed by atoms with Crippen LogP contribution in [-0.4, -0.2) is 49.7 Å². The molecule has 0 N–H and O–H groups in total. The van der Waals surface area contributed by atoms with Gasteiger partial charge in [-0.05, 0) is 41.1 Å². The first-order chi connectivity index (χ1) is 12.9. The van der Waals surface area contributed by atoms with Gasteiger partial charge in [-0.3, -0.25) is 4.79 Å². The van der Waals surface area contributed by atoms with Gasteiger partial charge >= 0.3 is 0 Å². The molecule has 0 aliphatic carbocycles. The van der Waals surface area contributed by atoms with Crippen molar-refractivity contribution in [3.05, 3.63) is 58.3 Å². The van der Waals surface area contributed by atoms with Crippen molar-refractivity contribution in [3.63, 3.8) is 0 Å². The Hall–Kier alpha value is -1.96. The summed E-state index contributed by atoms with van der Waals surface area (Å²) in [4.78, 5) is 15.3. The molecule has 0 saturated carbocycles. The predicted molar refractivity (Wildman–Crippen MR) is 109 cm³/mol.